The smallest absolute Gasteiger partial charge is 0.258 e. The van der Waals surface area contributed by atoms with E-state index in [-0.39, 0.29) is 13.2 Å². The van der Waals surface area contributed by atoms with Crippen LogP contribution in [0.5, 0.6) is 11.5 Å². The number of hydrogen-bond acceptors (Lipinski definition) is 4. The number of carbonyl (C=O) groups excluding carboxylic acids is 2. The number of anilines is 1. The second-order valence-electron chi connectivity index (χ2n) is 4.86. The van der Waals surface area contributed by atoms with Crippen molar-refractivity contribution < 1.29 is 19.1 Å². The molecule has 0 aliphatic rings. The number of rotatable bonds is 7. The Hall–Kier alpha value is -2.44. The minimum absolute atomic E-state index is 0.240. The van der Waals surface area contributed by atoms with Crippen LogP contribution >= 0.6 is 23.2 Å². The summed E-state index contributed by atoms with van der Waals surface area (Å²) in [6, 6.07) is 11.8. The molecule has 0 bridgehead atoms. The lowest BCUT2D eigenvalue weighted by Crippen LogP contribution is -2.35. The van der Waals surface area contributed by atoms with Crippen LogP contribution in [0.2, 0.25) is 10.0 Å². The second kappa shape index (κ2) is 9.15. The molecular weight excluding hydrogens is 367 g/mol. The normalized spacial score (nSPS) is 10.0. The molecule has 6 nitrogen and oxygen atoms in total. The highest BCUT2D eigenvalue weighted by molar-refractivity contribution is 6.39. The first kappa shape index (κ1) is 18.9. The van der Waals surface area contributed by atoms with Gasteiger partial charge in [-0.3, -0.25) is 9.59 Å². The van der Waals surface area contributed by atoms with Gasteiger partial charge in [-0.25, -0.2) is 0 Å². The first-order valence-electron chi connectivity index (χ1n) is 7.27. The molecule has 132 valence electrons. The zero-order valence-electron chi connectivity index (χ0n) is 13.3. The number of benzene rings is 2. The van der Waals surface area contributed by atoms with Crippen LogP contribution in [0.15, 0.2) is 42.5 Å². The largest absolute Gasteiger partial charge is 0.493 e. The first-order chi connectivity index (χ1) is 12.0. The van der Waals surface area contributed by atoms with Crippen LogP contribution in [0.25, 0.3) is 0 Å². The SMILES string of the molecule is COc1ccccc1OCC(=O)NCC(=O)Nc1c(Cl)cccc1Cl. The molecule has 2 N–H and O–H groups in total. The lowest BCUT2D eigenvalue weighted by atomic mass is 10.3. The average Bonchev–Trinajstić information content (AvgIpc) is 2.61. The van der Waals surface area contributed by atoms with Crippen LogP contribution in [0.4, 0.5) is 5.69 Å². The van der Waals surface area contributed by atoms with Gasteiger partial charge in [0.1, 0.15) is 0 Å². The summed E-state index contributed by atoms with van der Waals surface area (Å²) in [6.45, 7) is -0.490. The monoisotopic (exact) mass is 382 g/mol. The third-order valence-electron chi connectivity index (χ3n) is 3.10. The number of halogens is 2. The van der Waals surface area contributed by atoms with Gasteiger partial charge in [-0.2, -0.15) is 0 Å². The van der Waals surface area contributed by atoms with Crippen molar-refractivity contribution in [2.24, 2.45) is 0 Å². The highest BCUT2D eigenvalue weighted by Gasteiger charge is 2.11. The van der Waals surface area contributed by atoms with Gasteiger partial charge >= 0.3 is 0 Å². The lowest BCUT2D eigenvalue weighted by Gasteiger charge is -2.11. The molecule has 0 heterocycles. The van der Waals surface area contributed by atoms with E-state index in [4.69, 9.17) is 32.7 Å². The summed E-state index contributed by atoms with van der Waals surface area (Å²) >= 11 is 11.9. The maximum Gasteiger partial charge on any atom is 0.258 e. The molecule has 25 heavy (non-hydrogen) atoms. The van der Waals surface area contributed by atoms with Gasteiger partial charge in [0, 0.05) is 0 Å². The Balaban J connectivity index is 1.80. The minimum Gasteiger partial charge on any atom is -0.493 e. The molecule has 0 spiro atoms. The van der Waals surface area contributed by atoms with Gasteiger partial charge in [0.05, 0.1) is 29.4 Å². The van der Waals surface area contributed by atoms with Crippen molar-refractivity contribution in [2.75, 3.05) is 25.6 Å². The van der Waals surface area contributed by atoms with Crippen LogP contribution in [0, 0.1) is 0 Å². The van der Waals surface area contributed by atoms with Gasteiger partial charge in [-0.1, -0.05) is 41.4 Å². The van der Waals surface area contributed by atoms with Crippen molar-refractivity contribution in [1.29, 1.82) is 0 Å². The Labute approximate surface area is 155 Å². The van der Waals surface area contributed by atoms with Crippen LogP contribution in [0.3, 0.4) is 0 Å². The van der Waals surface area contributed by atoms with Crippen LogP contribution in [0.1, 0.15) is 0 Å². The number of ether oxygens (including phenoxy) is 2. The maximum absolute atomic E-state index is 11.9. The summed E-state index contributed by atoms with van der Waals surface area (Å²) in [5, 5.41) is 5.62. The number of para-hydroxylation sites is 3. The summed E-state index contributed by atoms with van der Waals surface area (Å²) in [7, 11) is 1.51. The van der Waals surface area contributed by atoms with Gasteiger partial charge in [0.25, 0.3) is 5.91 Å². The molecule has 0 saturated carbocycles. The Morgan fingerprint density at radius 2 is 1.60 bits per heavy atom. The summed E-state index contributed by atoms with van der Waals surface area (Å²) in [5.41, 5.74) is 0.301. The highest BCUT2D eigenvalue weighted by Crippen LogP contribution is 2.29. The predicted molar refractivity (Wildman–Crippen MR) is 96.6 cm³/mol. The topological polar surface area (TPSA) is 76.7 Å². The fourth-order valence-corrected chi connectivity index (χ4v) is 2.40. The molecule has 2 rings (SSSR count). The van der Waals surface area contributed by atoms with Crippen molar-refractivity contribution in [3.05, 3.63) is 52.5 Å². The fraction of sp³-hybridized carbons (Fsp3) is 0.176. The molecule has 0 fully saturated rings. The molecule has 8 heteroatoms. The number of nitrogens with one attached hydrogen (secondary N) is 2. The van der Waals surface area contributed by atoms with E-state index in [0.29, 0.717) is 27.2 Å². The lowest BCUT2D eigenvalue weighted by molar-refractivity contribution is -0.125. The molecule has 0 atom stereocenters. The highest BCUT2D eigenvalue weighted by atomic mass is 35.5. The quantitative estimate of drug-likeness (QED) is 0.770. The Morgan fingerprint density at radius 1 is 0.960 bits per heavy atom. The number of carbonyl (C=O) groups is 2. The number of hydrogen-bond donors (Lipinski definition) is 2. The average molecular weight is 383 g/mol. The molecule has 2 aromatic carbocycles. The molecule has 0 aliphatic heterocycles. The van der Waals surface area contributed by atoms with E-state index in [9.17, 15) is 9.59 Å². The van der Waals surface area contributed by atoms with E-state index in [1.54, 1.807) is 42.5 Å². The van der Waals surface area contributed by atoms with Gasteiger partial charge in [0.15, 0.2) is 18.1 Å². The molecule has 0 aliphatic carbocycles. The third kappa shape index (κ3) is 5.55. The summed E-state index contributed by atoms with van der Waals surface area (Å²) in [6.07, 6.45) is 0. The van der Waals surface area contributed by atoms with Crippen molar-refractivity contribution in [3.8, 4) is 11.5 Å². The van der Waals surface area contributed by atoms with E-state index in [0.717, 1.165) is 0 Å². The van der Waals surface area contributed by atoms with E-state index in [1.165, 1.54) is 7.11 Å². The van der Waals surface area contributed by atoms with Gasteiger partial charge < -0.3 is 20.1 Å². The number of methoxy groups -OCH3 is 1. The van der Waals surface area contributed by atoms with E-state index in [1.807, 2.05) is 0 Å². The first-order valence-corrected chi connectivity index (χ1v) is 8.03. The van der Waals surface area contributed by atoms with E-state index in [2.05, 4.69) is 10.6 Å². The van der Waals surface area contributed by atoms with Crippen LogP contribution in [-0.4, -0.2) is 32.1 Å². The zero-order valence-corrected chi connectivity index (χ0v) is 14.9. The standard InChI is InChI=1S/C17H16Cl2N2O4/c1-24-13-7-2-3-8-14(13)25-10-16(23)20-9-15(22)21-17-11(18)5-4-6-12(17)19/h2-8H,9-10H2,1H3,(H,20,23)(H,21,22). The molecule has 2 aromatic rings. The minimum atomic E-state index is -0.458. The van der Waals surface area contributed by atoms with Crippen molar-refractivity contribution in [3.63, 3.8) is 0 Å². The third-order valence-corrected chi connectivity index (χ3v) is 3.73. The van der Waals surface area contributed by atoms with Gasteiger partial charge in [0.2, 0.25) is 5.91 Å². The van der Waals surface area contributed by atoms with Crippen molar-refractivity contribution in [1.82, 2.24) is 5.32 Å². The Bertz CT molecular complexity index is 748. The molecule has 0 radical (unpaired) electrons. The fourth-order valence-electron chi connectivity index (χ4n) is 1.91. The molecule has 2 amide bonds. The predicted octanol–water partition coefficient (Wildman–Crippen LogP) is 3.14. The second-order valence-corrected chi connectivity index (χ2v) is 5.68. The molecule has 0 aromatic heterocycles. The summed E-state index contributed by atoms with van der Waals surface area (Å²) in [5.74, 6) is 0.0424. The Morgan fingerprint density at radius 3 is 2.24 bits per heavy atom. The zero-order chi connectivity index (χ0) is 18.2. The van der Waals surface area contributed by atoms with Crippen molar-refractivity contribution in [2.45, 2.75) is 0 Å². The summed E-state index contributed by atoms with van der Waals surface area (Å²) < 4.78 is 10.5. The summed E-state index contributed by atoms with van der Waals surface area (Å²) in [4.78, 5) is 23.7. The van der Waals surface area contributed by atoms with Gasteiger partial charge in [-0.15, -0.1) is 0 Å². The van der Waals surface area contributed by atoms with E-state index < -0.39 is 11.8 Å². The molecule has 0 unspecified atom stereocenters. The maximum atomic E-state index is 11.9. The molecular formula is C17H16Cl2N2O4. The molecule has 0 saturated heterocycles. The van der Waals surface area contributed by atoms with Crippen molar-refractivity contribution >= 4 is 40.7 Å². The van der Waals surface area contributed by atoms with Crippen LogP contribution in [-0.2, 0) is 9.59 Å². The Kier molecular flexibility index (Phi) is 6.91. The number of amides is 2. The van der Waals surface area contributed by atoms with Gasteiger partial charge in [-0.05, 0) is 24.3 Å². The van der Waals surface area contributed by atoms with Crippen LogP contribution < -0.4 is 20.1 Å². The van der Waals surface area contributed by atoms with E-state index >= 15 is 0 Å².